The molecule has 1 fully saturated rings. The molecular weight excluding hydrogens is 239 g/mol. The molecule has 1 aliphatic rings. The van der Waals surface area contributed by atoms with E-state index >= 15 is 0 Å². The van der Waals surface area contributed by atoms with Gasteiger partial charge >= 0.3 is 0 Å². The molecule has 1 aromatic heterocycles. The maximum Gasteiger partial charge on any atom is 0.123 e. The van der Waals surface area contributed by atoms with Crippen molar-refractivity contribution in [1.82, 2.24) is 4.98 Å². The van der Waals surface area contributed by atoms with Crippen molar-refractivity contribution in [2.45, 2.75) is 25.7 Å². The molecular formula is C16H13FN2. The molecule has 1 aromatic carbocycles. The zero-order valence-corrected chi connectivity index (χ0v) is 10.7. The number of nitrogens with zero attached hydrogens (tertiary/aromatic N) is 2. The van der Waals surface area contributed by atoms with Crippen molar-refractivity contribution in [1.29, 1.82) is 5.26 Å². The Hall–Kier alpha value is -2.21. The monoisotopic (exact) mass is 252 g/mol. The van der Waals surface area contributed by atoms with Crippen LogP contribution in [0.25, 0.3) is 11.1 Å². The van der Waals surface area contributed by atoms with E-state index in [1.165, 1.54) is 12.1 Å². The number of hydrogen-bond acceptors (Lipinski definition) is 2. The standard InChI is InChI=1S/C16H13FN2/c1-10-13(9-18)8-15(16(19-10)12-2-3-12)11-4-6-14(17)7-5-11/h4-8,12H,2-3H2,1H3. The molecule has 19 heavy (non-hydrogen) atoms. The lowest BCUT2D eigenvalue weighted by Crippen LogP contribution is -1.98. The quantitative estimate of drug-likeness (QED) is 0.811. The SMILES string of the molecule is Cc1nc(C2CC2)c(-c2ccc(F)cc2)cc1C#N. The molecule has 2 aromatic rings. The van der Waals surface area contributed by atoms with Crippen LogP contribution >= 0.6 is 0 Å². The highest BCUT2D eigenvalue weighted by atomic mass is 19.1. The van der Waals surface area contributed by atoms with Crippen LogP contribution < -0.4 is 0 Å². The molecule has 2 nitrogen and oxygen atoms in total. The Morgan fingerprint density at radius 2 is 1.95 bits per heavy atom. The fourth-order valence-electron chi connectivity index (χ4n) is 2.27. The Labute approximate surface area is 111 Å². The number of nitriles is 1. The van der Waals surface area contributed by atoms with E-state index < -0.39 is 0 Å². The topological polar surface area (TPSA) is 36.7 Å². The number of halogens is 1. The molecule has 0 saturated heterocycles. The van der Waals surface area contributed by atoms with Crippen molar-refractivity contribution in [2.24, 2.45) is 0 Å². The summed E-state index contributed by atoms with van der Waals surface area (Å²) in [6.07, 6.45) is 2.29. The third kappa shape index (κ3) is 2.22. The Bertz CT molecular complexity index is 664. The van der Waals surface area contributed by atoms with Gasteiger partial charge in [-0.25, -0.2) is 4.39 Å². The second-order valence-corrected chi connectivity index (χ2v) is 4.95. The number of pyridine rings is 1. The van der Waals surface area contributed by atoms with Gasteiger partial charge in [0, 0.05) is 11.5 Å². The molecule has 1 heterocycles. The van der Waals surface area contributed by atoms with Gasteiger partial charge in [0.15, 0.2) is 0 Å². The van der Waals surface area contributed by atoms with Crippen LogP contribution in [-0.2, 0) is 0 Å². The van der Waals surface area contributed by atoms with Gasteiger partial charge < -0.3 is 0 Å². The van der Waals surface area contributed by atoms with Gasteiger partial charge in [0.05, 0.1) is 17.0 Å². The van der Waals surface area contributed by atoms with Crippen molar-refractivity contribution < 1.29 is 4.39 Å². The lowest BCUT2D eigenvalue weighted by Gasteiger charge is -2.10. The van der Waals surface area contributed by atoms with Gasteiger partial charge in [0.25, 0.3) is 0 Å². The normalized spacial score (nSPS) is 14.2. The number of hydrogen-bond donors (Lipinski definition) is 0. The molecule has 0 aliphatic heterocycles. The van der Waals surface area contributed by atoms with E-state index in [1.54, 1.807) is 12.1 Å². The second kappa shape index (κ2) is 4.47. The van der Waals surface area contributed by atoms with Crippen molar-refractivity contribution in [2.75, 3.05) is 0 Å². The van der Waals surface area contributed by atoms with Gasteiger partial charge in [0.1, 0.15) is 11.9 Å². The predicted molar refractivity (Wildman–Crippen MR) is 71.1 cm³/mol. The molecule has 0 N–H and O–H groups in total. The number of benzene rings is 1. The van der Waals surface area contributed by atoms with Crippen LogP contribution in [-0.4, -0.2) is 4.98 Å². The summed E-state index contributed by atoms with van der Waals surface area (Å²) in [4.78, 5) is 4.59. The third-order valence-corrected chi connectivity index (χ3v) is 3.48. The van der Waals surface area contributed by atoms with E-state index in [1.807, 2.05) is 13.0 Å². The Balaban J connectivity index is 2.18. The maximum absolute atomic E-state index is 13.0. The number of rotatable bonds is 2. The molecule has 1 aliphatic carbocycles. The summed E-state index contributed by atoms with van der Waals surface area (Å²) >= 11 is 0. The first-order valence-corrected chi connectivity index (χ1v) is 6.36. The molecule has 0 spiro atoms. The fraction of sp³-hybridized carbons (Fsp3) is 0.250. The van der Waals surface area contributed by atoms with E-state index in [0.717, 1.165) is 35.4 Å². The molecule has 94 valence electrons. The van der Waals surface area contributed by atoms with Gasteiger partial charge in [-0.05, 0) is 43.5 Å². The Kier molecular flexibility index (Phi) is 2.79. The van der Waals surface area contributed by atoms with Crippen molar-refractivity contribution in [3.63, 3.8) is 0 Å². The minimum Gasteiger partial charge on any atom is -0.256 e. The molecule has 0 unspecified atom stereocenters. The van der Waals surface area contributed by atoms with Gasteiger partial charge in [-0.2, -0.15) is 5.26 Å². The average Bonchev–Trinajstić information content (AvgIpc) is 3.24. The first kappa shape index (κ1) is 11.9. The maximum atomic E-state index is 13.0. The molecule has 0 radical (unpaired) electrons. The van der Waals surface area contributed by atoms with Crippen LogP contribution in [0.2, 0.25) is 0 Å². The number of aryl methyl sites for hydroxylation is 1. The van der Waals surface area contributed by atoms with Gasteiger partial charge in [-0.1, -0.05) is 12.1 Å². The minimum absolute atomic E-state index is 0.253. The minimum atomic E-state index is -0.253. The van der Waals surface area contributed by atoms with E-state index in [0.29, 0.717) is 11.5 Å². The van der Waals surface area contributed by atoms with Crippen LogP contribution in [0.15, 0.2) is 30.3 Å². The molecule has 3 heteroatoms. The summed E-state index contributed by atoms with van der Waals surface area (Å²) in [6.45, 7) is 1.86. The van der Waals surface area contributed by atoms with E-state index in [-0.39, 0.29) is 5.82 Å². The van der Waals surface area contributed by atoms with E-state index in [4.69, 9.17) is 5.26 Å². The summed E-state index contributed by atoms with van der Waals surface area (Å²) < 4.78 is 13.0. The predicted octanol–water partition coefficient (Wildman–Crippen LogP) is 3.95. The van der Waals surface area contributed by atoms with Crippen LogP contribution in [0, 0.1) is 24.1 Å². The molecule has 3 rings (SSSR count). The summed E-state index contributed by atoms with van der Waals surface area (Å²) in [6, 6.07) is 10.4. The Morgan fingerprint density at radius 1 is 1.26 bits per heavy atom. The van der Waals surface area contributed by atoms with Crippen molar-refractivity contribution >= 4 is 0 Å². The molecule has 0 bridgehead atoms. The summed E-state index contributed by atoms with van der Waals surface area (Å²) in [7, 11) is 0. The van der Waals surface area contributed by atoms with Crippen LogP contribution in [0.5, 0.6) is 0 Å². The van der Waals surface area contributed by atoms with Gasteiger partial charge in [0.2, 0.25) is 0 Å². The van der Waals surface area contributed by atoms with Crippen molar-refractivity contribution in [3.05, 3.63) is 53.1 Å². The summed E-state index contributed by atoms with van der Waals surface area (Å²) in [5.74, 6) is 0.240. The highest BCUT2D eigenvalue weighted by Gasteiger charge is 2.28. The van der Waals surface area contributed by atoms with Crippen LogP contribution in [0.4, 0.5) is 4.39 Å². The largest absolute Gasteiger partial charge is 0.256 e. The first-order valence-electron chi connectivity index (χ1n) is 6.36. The smallest absolute Gasteiger partial charge is 0.123 e. The zero-order valence-electron chi connectivity index (χ0n) is 10.7. The van der Waals surface area contributed by atoms with Gasteiger partial charge in [-0.15, -0.1) is 0 Å². The molecule has 1 saturated carbocycles. The van der Waals surface area contributed by atoms with Gasteiger partial charge in [-0.3, -0.25) is 4.98 Å². The lowest BCUT2D eigenvalue weighted by atomic mass is 9.98. The van der Waals surface area contributed by atoms with Crippen LogP contribution in [0.3, 0.4) is 0 Å². The second-order valence-electron chi connectivity index (χ2n) is 4.95. The van der Waals surface area contributed by atoms with Crippen molar-refractivity contribution in [3.8, 4) is 17.2 Å². The average molecular weight is 252 g/mol. The summed E-state index contributed by atoms with van der Waals surface area (Å²) in [5.41, 5.74) is 4.29. The zero-order chi connectivity index (χ0) is 13.4. The third-order valence-electron chi connectivity index (χ3n) is 3.48. The first-order chi connectivity index (χ1) is 9.19. The number of aromatic nitrogens is 1. The summed E-state index contributed by atoms with van der Waals surface area (Å²) in [5, 5.41) is 9.13. The van der Waals surface area contributed by atoms with Crippen LogP contribution in [0.1, 0.15) is 35.7 Å². The van der Waals surface area contributed by atoms with E-state index in [2.05, 4.69) is 11.1 Å². The lowest BCUT2D eigenvalue weighted by molar-refractivity contribution is 0.628. The molecule has 0 atom stereocenters. The highest BCUT2D eigenvalue weighted by molar-refractivity contribution is 5.69. The molecule has 0 amide bonds. The highest BCUT2D eigenvalue weighted by Crippen LogP contribution is 2.43. The fourth-order valence-corrected chi connectivity index (χ4v) is 2.27. The van der Waals surface area contributed by atoms with E-state index in [9.17, 15) is 4.39 Å². The Morgan fingerprint density at radius 3 is 2.53 bits per heavy atom.